The maximum absolute atomic E-state index is 13.1. The minimum Gasteiger partial charge on any atom is -0.380 e. The number of hydrogen-bond acceptors (Lipinski definition) is 5. The average Bonchev–Trinajstić information content (AvgIpc) is 3.50. The van der Waals surface area contributed by atoms with E-state index in [0.29, 0.717) is 30.6 Å². The molecule has 1 saturated heterocycles. The normalized spacial score (nSPS) is 14.5. The third-order valence-corrected chi connectivity index (χ3v) is 10.9. The monoisotopic (exact) mass is 741 g/mol. The van der Waals surface area contributed by atoms with Gasteiger partial charge in [-0.1, -0.05) is 161 Å². The number of ether oxygens (including phenoxy) is 1. The van der Waals surface area contributed by atoms with Gasteiger partial charge < -0.3 is 9.64 Å². The molecule has 1 fully saturated rings. The molecule has 1 aliphatic heterocycles. The third kappa shape index (κ3) is 31.2. The van der Waals surface area contributed by atoms with Crippen molar-refractivity contribution in [1.82, 2.24) is 9.80 Å². The zero-order valence-corrected chi connectivity index (χ0v) is 36.1. The largest absolute Gasteiger partial charge is 0.380 e. The van der Waals surface area contributed by atoms with Crippen LogP contribution in [0.4, 0.5) is 0 Å². The predicted molar refractivity (Wildman–Crippen MR) is 232 cm³/mol. The van der Waals surface area contributed by atoms with Crippen molar-refractivity contribution in [2.75, 3.05) is 46.9 Å². The summed E-state index contributed by atoms with van der Waals surface area (Å²) in [6.07, 6.45) is 38.6. The van der Waals surface area contributed by atoms with Crippen LogP contribution in [0.15, 0.2) is 24.3 Å². The van der Waals surface area contributed by atoms with Crippen molar-refractivity contribution in [1.29, 1.82) is 0 Å². The van der Waals surface area contributed by atoms with Gasteiger partial charge in [0.1, 0.15) is 0 Å². The average molecular weight is 741 g/mol. The zero-order valence-electron chi connectivity index (χ0n) is 36.1. The molecule has 0 radical (unpaired) electrons. The Hall–Kier alpha value is -1.74. The topological polar surface area (TPSA) is 49.9 Å². The molecular weight excluding hydrogens is 653 g/mol. The van der Waals surface area contributed by atoms with Gasteiger partial charge in [0.2, 0.25) is 5.78 Å². The van der Waals surface area contributed by atoms with E-state index >= 15 is 0 Å². The molecule has 53 heavy (non-hydrogen) atoms. The molecule has 0 aromatic carbocycles. The number of likely N-dealkylation sites (tertiary alicyclic amines) is 1. The van der Waals surface area contributed by atoms with Gasteiger partial charge in [0, 0.05) is 32.0 Å². The van der Waals surface area contributed by atoms with Crippen LogP contribution < -0.4 is 0 Å². The van der Waals surface area contributed by atoms with Crippen LogP contribution in [0, 0.1) is 18.3 Å². The van der Waals surface area contributed by atoms with Crippen LogP contribution in [0.25, 0.3) is 0 Å². The van der Waals surface area contributed by atoms with Crippen molar-refractivity contribution < 1.29 is 14.3 Å². The van der Waals surface area contributed by atoms with E-state index in [1.54, 1.807) is 0 Å². The maximum atomic E-state index is 13.1. The predicted octanol–water partition coefficient (Wildman–Crippen LogP) is 12.7. The van der Waals surface area contributed by atoms with Gasteiger partial charge in [-0.2, -0.15) is 0 Å². The smallest absolute Gasteiger partial charge is 0.205 e. The van der Waals surface area contributed by atoms with E-state index < -0.39 is 0 Å². The Labute approximate surface area is 330 Å². The van der Waals surface area contributed by atoms with Gasteiger partial charge in [-0.3, -0.25) is 14.5 Å². The lowest BCUT2D eigenvalue weighted by atomic mass is 9.85. The summed E-state index contributed by atoms with van der Waals surface area (Å²) in [7, 11) is 3.95. The van der Waals surface area contributed by atoms with Crippen LogP contribution in [0.1, 0.15) is 201 Å². The zero-order chi connectivity index (χ0) is 39.4. The summed E-state index contributed by atoms with van der Waals surface area (Å²) in [5, 5.41) is 0. The fraction of sp³-hybridized carbons (Fsp3) is 0.833. The summed E-state index contributed by atoms with van der Waals surface area (Å²) in [5.74, 6) is 2.74. The fourth-order valence-electron chi connectivity index (χ4n) is 7.38. The van der Waals surface area contributed by atoms with Crippen molar-refractivity contribution in [3.63, 3.8) is 0 Å². The summed E-state index contributed by atoms with van der Waals surface area (Å²) in [4.78, 5) is 28.2. The van der Waals surface area contributed by atoms with Crippen molar-refractivity contribution in [3.05, 3.63) is 24.3 Å². The number of unbranched alkanes of at least 4 members (excludes halogenated alkanes) is 18. The molecule has 0 aromatic rings. The van der Waals surface area contributed by atoms with Gasteiger partial charge in [0.25, 0.3) is 0 Å². The van der Waals surface area contributed by atoms with Crippen LogP contribution >= 0.6 is 0 Å². The number of rotatable bonds is 36. The van der Waals surface area contributed by atoms with E-state index in [0.717, 1.165) is 76.8 Å². The van der Waals surface area contributed by atoms with E-state index in [-0.39, 0.29) is 5.78 Å². The highest BCUT2D eigenvalue weighted by Gasteiger charge is 2.26. The highest BCUT2D eigenvalue weighted by molar-refractivity contribution is 5.95. The van der Waals surface area contributed by atoms with Crippen LogP contribution in [0.3, 0.4) is 0 Å². The second kappa shape index (κ2) is 37.2. The van der Waals surface area contributed by atoms with Crippen LogP contribution in [0.2, 0.25) is 0 Å². The van der Waals surface area contributed by atoms with E-state index in [1.165, 1.54) is 134 Å². The molecule has 0 aliphatic carbocycles. The lowest BCUT2D eigenvalue weighted by Gasteiger charge is -2.23. The third-order valence-electron chi connectivity index (χ3n) is 10.9. The summed E-state index contributed by atoms with van der Waals surface area (Å²) in [6, 6.07) is 0.531. The maximum Gasteiger partial charge on any atom is 0.205 e. The minimum atomic E-state index is -0.0955. The molecule has 0 aromatic heterocycles. The van der Waals surface area contributed by atoms with E-state index in [9.17, 15) is 9.59 Å². The first kappa shape index (κ1) is 51.3. The Morgan fingerprint density at radius 2 is 1.26 bits per heavy atom. The van der Waals surface area contributed by atoms with Crippen molar-refractivity contribution >= 4 is 11.6 Å². The molecule has 0 bridgehead atoms. The van der Waals surface area contributed by atoms with E-state index in [4.69, 9.17) is 11.2 Å². The number of hydrogen-bond donors (Lipinski definition) is 0. The lowest BCUT2D eigenvalue weighted by molar-refractivity contribution is -0.116. The molecule has 0 N–H and O–H groups in total. The van der Waals surface area contributed by atoms with Gasteiger partial charge in [-0.25, -0.2) is 0 Å². The van der Waals surface area contributed by atoms with Gasteiger partial charge in [-0.05, 0) is 89.5 Å². The summed E-state index contributed by atoms with van der Waals surface area (Å²) in [6.45, 7) is 20.3. The molecule has 1 heterocycles. The highest BCUT2D eigenvalue weighted by atomic mass is 16.5. The Morgan fingerprint density at radius 3 is 1.81 bits per heavy atom. The number of Topliss-reactive ketones (excluding diaryl/α,β-unsaturated/α-hetero) is 2. The first-order chi connectivity index (χ1) is 25.7. The molecule has 0 unspecified atom stereocenters. The lowest BCUT2D eigenvalue weighted by Crippen LogP contribution is -2.34. The molecule has 0 spiro atoms. The number of carbonyl (C=O) groups is 2. The molecule has 1 aliphatic rings. The fourth-order valence-corrected chi connectivity index (χ4v) is 7.38. The molecule has 0 amide bonds. The Bertz CT molecular complexity index is 935. The number of terminal acetylenes is 1. The van der Waals surface area contributed by atoms with E-state index in [2.05, 4.69) is 44.7 Å². The van der Waals surface area contributed by atoms with E-state index in [1.807, 2.05) is 19.0 Å². The van der Waals surface area contributed by atoms with Crippen LogP contribution in [0.5, 0.6) is 0 Å². The Kier molecular flexibility index (Phi) is 36.0. The first-order valence-electron chi connectivity index (χ1n) is 22.5. The van der Waals surface area contributed by atoms with Crippen molar-refractivity contribution in [2.24, 2.45) is 5.92 Å². The van der Waals surface area contributed by atoms with Crippen LogP contribution in [-0.4, -0.2) is 74.4 Å². The van der Waals surface area contributed by atoms with Gasteiger partial charge in [0.05, 0.1) is 6.61 Å². The molecule has 308 valence electrons. The summed E-state index contributed by atoms with van der Waals surface area (Å²) >= 11 is 0. The number of nitrogens with zero attached hydrogens (tertiary/aromatic N) is 2. The Morgan fingerprint density at radius 1 is 0.755 bits per heavy atom. The number of carbonyl (C=O) groups excluding carboxylic acids is 2. The second-order valence-corrected chi connectivity index (χ2v) is 16.3. The molecule has 5 nitrogen and oxygen atoms in total. The van der Waals surface area contributed by atoms with Gasteiger partial charge in [-0.15, -0.1) is 6.42 Å². The molecule has 1 atom stereocenters. The standard InChI is InChI=1S/C40H75NO2.C8H13NO/c1-6-9-12-15-18-23-28-38(29-24-19-16-13-10-7-2)37(5)40(42)30-25-20-17-22-27-32-43-35-39-33-36(4)34-41(39)31-26-21-14-11-8-3;1-4-8(10)6-5-7-9(2)3/h38-39H,4-35H2,1-3H3;1H,5-7H2,2-3H3/t39-;/m0./s1. The van der Waals surface area contributed by atoms with Gasteiger partial charge in [0.15, 0.2) is 5.78 Å². The number of allylic oxidation sites excluding steroid dienone is 1. The molecular formula is C48H88N2O3. The van der Waals surface area contributed by atoms with Crippen LogP contribution in [-0.2, 0) is 14.3 Å². The summed E-state index contributed by atoms with van der Waals surface area (Å²) in [5.41, 5.74) is 2.32. The van der Waals surface area contributed by atoms with Crippen molar-refractivity contribution in [3.8, 4) is 12.3 Å². The quantitative estimate of drug-likeness (QED) is 0.0210. The van der Waals surface area contributed by atoms with Crippen molar-refractivity contribution in [2.45, 2.75) is 207 Å². The SMILES string of the molecule is C#CC(=O)CCCN(C)C.C=C1C[C@@H](COCCCCCCCC(=O)C(=C)C(CCCCCCCC)CCCCCCCC)N(CCCCCCC)C1. The second-order valence-electron chi connectivity index (χ2n) is 16.3. The Balaban J connectivity index is 0.00000234. The molecule has 0 saturated carbocycles. The number of ketones is 2. The summed E-state index contributed by atoms with van der Waals surface area (Å²) < 4.78 is 6.11. The first-order valence-corrected chi connectivity index (χ1v) is 22.5. The molecule has 1 rings (SSSR count). The molecule has 5 heteroatoms. The minimum absolute atomic E-state index is 0.0955. The van der Waals surface area contributed by atoms with Gasteiger partial charge >= 0.3 is 0 Å². The highest BCUT2D eigenvalue weighted by Crippen LogP contribution is 2.27.